The monoisotopic (exact) mass is 562 g/mol. The number of ether oxygens (including phenoxy) is 2. The first-order valence-electron chi connectivity index (χ1n) is 14.9. The lowest BCUT2D eigenvalue weighted by Gasteiger charge is -2.21. The van der Waals surface area contributed by atoms with Gasteiger partial charge in [-0.15, -0.1) is 0 Å². The van der Waals surface area contributed by atoms with Crippen molar-refractivity contribution in [3.8, 4) is 56.4 Å². The first kappa shape index (κ1) is 24.7. The number of benzene rings is 8. The predicted molar refractivity (Wildman–Crippen MR) is 182 cm³/mol. The van der Waals surface area contributed by atoms with Crippen LogP contribution in [-0.2, 0) is 0 Å². The summed E-state index contributed by atoms with van der Waals surface area (Å²) in [5.74, 6) is 2.92. The standard InChI is InChI=1S/C42H26O2/c1-2-11-28-24-32(21-20-27(28)10-1)42-35-16-5-3-14-33(35)41(34-15-4-6-17-36(34)42)31-13-9-12-29(25-31)30-22-23-39-40(26-30)44-38-19-8-7-18-37(38)43-39/h1-26H. The molecular weight excluding hydrogens is 536 g/mol. The first-order valence-corrected chi connectivity index (χ1v) is 14.9. The molecule has 0 N–H and O–H groups in total. The van der Waals surface area contributed by atoms with Crippen LogP contribution >= 0.6 is 0 Å². The minimum Gasteiger partial charge on any atom is -0.450 e. The SMILES string of the molecule is c1cc(-c2ccc3c(c2)Oc2ccccc2O3)cc(-c2c3ccccc3c(-c3ccc4ccccc4c3)c3ccccc23)c1. The molecule has 8 aromatic carbocycles. The van der Waals surface area contributed by atoms with E-state index in [4.69, 9.17) is 9.47 Å². The third-order valence-corrected chi connectivity index (χ3v) is 8.69. The van der Waals surface area contributed by atoms with Crippen LogP contribution in [-0.4, -0.2) is 0 Å². The van der Waals surface area contributed by atoms with Crippen molar-refractivity contribution in [1.82, 2.24) is 0 Å². The van der Waals surface area contributed by atoms with Gasteiger partial charge in [0.1, 0.15) is 0 Å². The van der Waals surface area contributed by atoms with Crippen LogP contribution in [0.2, 0.25) is 0 Å². The van der Waals surface area contributed by atoms with Gasteiger partial charge in [-0.3, -0.25) is 0 Å². The van der Waals surface area contributed by atoms with Gasteiger partial charge < -0.3 is 9.47 Å². The largest absolute Gasteiger partial charge is 0.450 e. The minimum absolute atomic E-state index is 0.724. The lowest BCUT2D eigenvalue weighted by atomic mass is 9.85. The van der Waals surface area contributed by atoms with E-state index in [2.05, 4.69) is 127 Å². The van der Waals surface area contributed by atoms with Crippen LogP contribution in [0.5, 0.6) is 23.0 Å². The van der Waals surface area contributed by atoms with Crippen LogP contribution in [0.3, 0.4) is 0 Å². The molecule has 0 amide bonds. The van der Waals surface area contributed by atoms with Crippen molar-refractivity contribution in [2.45, 2.75) is 0 Å². The van der Waals surface area contributed by atoms with Gasteiger partial charge in [-0.05, 0) is 102 Å². The fourth-order valence-corrected chi connectivity index (χ4v) is 6.66. The van der Waals surface area contributed by atoms with Gasteiger partial charge in [-0.2, -0.15) is 0 Å². The fraction of sp³-hybridized carbons (Fsp3) is 0. The number of hydrogen-bond acceptors (Lipinski definition) is 2. The second-order valence-corrected chi connectivity index (χ2v) is 11.3. The second kappa shape index (κ2) is 9.86. The Morgan fingerprint density at radius 3 is 1.43 bits per heavy atom. The van der Waals surface area contributed by atoms with E-state index in [0.717, 1.165) is 34.1 Å². The predicted octanol–water partition coefficient (Wildman–Crippen LogP) is 12.0. The molecule has 206 valence electrons. The van der Waals surface area contributed by atoms with E-state index >= 15 is 0 Å². The second-order valence-electron chi connectivity index (χ2n) is 11.3. The van der Waals surface area contributed by atoms with Crippen LogP contribution in [0.4, 0.5) is 0 Å². The molecule has 44 heavy (non-hydrogen) atoms. The van der Waals surface area contributed by atoms with E-state index in [1.807, 2.05) is 30.3 Å². The van der Waals surface area contributed by atoms with Gasteiger partial charge in [-0.25, -0.2) is 0 Å². The fourth-order valence-electron chi connectivity index (χ4n) is 6.66. The molecule has 0 aliphatic carbocycles. The minimum atomic E-state index is 0.724. The molecule has 0 spiro atoms. The summed E-state index contributed by atoms with van der Waals surface area (Å²) in [6, 6.07) is 55.8. The number of para-hydroxylation sites is 2. The Labute approximate surface area is 255 Å². The van der Waals surface area contributed by atoms with Gasteiger partial charge in [0.15, 0.2) is 23.0 Å². The van der Waals surface area contributed by atoms with Crippen molar-refractivity contribution in [3.63, 3.8) is 0 Å². The molecule has 2 nitrogen and oxygen atoms in total. The highest BCUT2D eigenvalue weighted by atomic mass is 16.6. The summed E-state index contributed by atoms with van der Waals surface area (Å²) in [7, 11) is 0. The zero-order valence-electron chi connectivity index (χ0n) is 23.8. The molecule has 0 unspecified atom stereocenters. The maximum atomic E-state index is 6.23. The highest BCUT2D eigenvalue weighted by Crippen LogP contribution is 2.47. The molecule has 9 rings (SSSR count). The first-order chi connectivity index (χ1) is 21.8. The molecule has 0 saturated carbocycles. The highest BCUT2D eigenvalue weighted by Gasteiger charge is 2.20. The van der Waals surface area contributed by atoms with Crippen molar-refractivity contribution >= 4 is 32.3 Å². The number of fused-ring (bicyclic) bond motifs is 5. The van der Waals surface area contributed by atoms with Crippen molar-refractivity contribution in [3.05, 3.63) is 158 Å². The molecule has 1 heterocycles. The van der Waals surface area contributed by atoms with Gasteiger partial charge in [0.2, 0.25) is 0 Å². The van der Waals surface area contributed by atoms with E-state index in [1.165, 1.54) is 54.6 Å². The average Bonchev–Trinajstić information content (AvgIpc) is 3.09. The molecule has 0 aromatic heterocycles. The molecule has 8 aromatic rings. The highest BCUT2D eigenvalue weighted by molar-refractivity contribution is 6.21. The van der Waals surface area contributed by atoms with Gasteiger partial charge >= 0.3 is 0 Å². The van der Waals surface area contributed by atoms with Gasteiger partial charge in [0.05, 0.1) is 0 Å². The zero-order chi connectivity index (χ0) is 29.0. The van der Waals surface area contributed by atoms with Crippen LogP contribution < -0.4 is 9.47 Å². The summed E-state index contributed by atoms with van der Waals surface area (Å²) in [6.07, 6.45) is 0. The van der Waals surface area contributed by atoms with Crippen LogP contribution in [0.15, 0.2) is 158 Å². The van der Waals surface area contributed by atoms with Gasteiger partial charge in [0, 0.05) is 0 Å². The van der Waals surface area contributed by atoms with Crippen molar-refractivity contribution in [2.75, 3.05) is 0 Å². The Bertz CT molecular complexity index is 2340. The molecule has 1 aliphatic heterocycles. The normalized spacial score (nSPS) is 12.0. The molecule has 0 radical (unpaired) electrons. The van der Waals surface area contributed by atoms with E-state index in [1.54, 1.807) is 0 Å². The van der Waals surface area contributed by atoms with E-state index in [0.29, 0.717) is 0 Å². The van der Waals surface area contributed by atoms with Gasteiger partial charge in [-0.1, -0.05) is 121 Å². The molecule has 1 aliphatic rings. The molecule has 0 atom stereocenters. The summed E-state index contributed by atoms with van der Waals surface area (Å²) >= 11 is 0. The van der Waals surface area contributed by atoms with Crippen LogP contribution in [0, 0.1) is 0 Å². The summed E-state index contributed by atoms with van der Waals surface area (Å²) in [4.78, 5) is 0. The number of rotatable bonds is 3. The maximum absolute atomic E-state index is 6.23. The smallest absolute Gasteiger partial charge is 0.170 e. The van der Waals surface area contributed by atoms with E-state index in [9.17, 15) is 0 Å². The summed E-state index contributed by atoms with van der Waals surface area (Å²) in [5.41, 5.74) is 7.13. The molecule has 2 heteroatoms. The van der Waals surface area contributed by atoms with Gasteiger partial charge in [0.25, 0.3) is 0 Å². The zero-order valence-corrected chi connectivity index (χ0v) is 23.8. The third-order valence-electron chi connectivity index (χ3n) is 8.69. The van der Waals surface area contributed by atoms with Crippen molar-refractivity contribution < 1.29 is 9.47 Å². The Balaban J connectivity index is 1.22. The molecule has 0 fully saturated rings. The Morgan fingerprint density at radius 2 is 0.750 bits per heavy atom. The Morgan fingerprint density at radius 1 is 0.273 bits per heavy atom. The maximum Gasteiger partial charge on any atom is 0.170 e. The molecular formula is C42H26O2. The Kier molecular flexibility index (Phi) is 5.54. The summed E-state index contributed by atoms with van der Waals surface area (Å²) in [6.45, 7) is 0. The van der Waals surface area contributed by atoms with Crippen molar-refractivity contribution in [1.29, 1.82) is 0 Å². The molecule has 0 bridgehead atoms. The average molecular weight is 563 g/mol. The van der Waals surface area contributed by atoms with Crippen LogP contribution in [0.25, 0.3) is 65.7 Å². The van der Waals surface area contributed by atoms with Crippen LogP contribution in [0.1, 0.15) is 0 Å². The number of hydrogen-bond donors (Lipinski definition) is 0. The lowest BCUT2D eigenvalue weighted by Crippen LogP contribution is -1.98. The quantitative estimate of drug-likeness (QED) is 0.199. The van der Waals surface area contributed by atoms with E-state index in [-0.39, 0.29) is 0 Å². The summed E-state index contributed by atoms with van der Waals surface area (Å²) < 4.78 is 12.3. The third kappa shape index (κ3) is 3.96. The Hall–Kier alpha value is -5.86. The van der Waals surface area contributed by atoms with Crippen molar-refractivity contribution in [2.24, 2.45) is 0 Å². The van der Waals surface area contributed by atoms with E-state index < -0.39 is 0 Å². The lowest BCUT2D eigenvalue weighted by molar-refractivity contribution is 0.360. The molecule has 0 saturated heterocycles. The summed E-state index contributed by atoms with van der Waals surface area (Å²) in [5, 5.41) is 7.48. The topological polar surface area (TPSA) is 18.5 Å².